The Balaban J connectivity index is 2.67. The number of thiophene rings is 1. The van der Waals surface area contributed by atoms with E-state index in [1.807, 2.05) is 19.1 Å². The van der Waals surface area contributed by atoms with E-state index in [1.165, 1.54) is 5.56 Å². The minimum absolute atomic E-state index is 0.716. The van der Waals surface area contributed by atoms with Gasteiger partial charge in [-0.1, -0.05) is 0 Å². The molecule has 2 aromatic rings. The molecule has 0 atom stereocenters. The summed E-state index contributed by atoms with van der Waals surface area (Å²) in [5, 5.41) is 0.842. The minimum Gasteiger partial charge on any atom is -0.399 e. The molecule has 0 amide bonds. The average Bonchev–Trinajstić information content (AvgIpc) is 2.50. The molecule has 4 heteroatoms. The average molecular weight is 233 g/mol. The van der Waals surface area contributed by atoms with Crippen LogP contribution in [0.25, 0.3) is 10.4 Å². The zero-order chi connectivity index (χ0) is 11.9. The van der Waals surface area contributed by atoms with Crippen molar-refractivity contribution in [1.82, 2.24) is 0 Å². The zero-order valence-electron chi connectivity index (χ0n) is 9.37. The Bertz CT molecular complexity index is 543. The summed E-state index contributed by atoms with van der Waals surface area (Å²) in [6.45, 7) is 4.08. The summed E-state index contributed by atoms with van der Waals surface area (Å²) < 4.78 is 0. The third kappa shape index (κ3) is 1.61. The van der Waals surface area contributed by atoms with Gasteiger partial charge in [0.05, 0.1) is 5.00 Å². The van der Waals surface area contributed by atoms with Crippen molar-refractivity contribution < 1.29 is 0 Å². The van der Waals surface area contributed by atoms with Gasteiger partial charge in [0, 0.05) is 21.8 Å². The first-order valence-corrected chi connectivity index (χ1v) is 5.83. The number of rotatable bonds is 1. The number of nitrogen functional groups attached to an aromatic ring is 3. The number of hydrogen-bond donors (Lipinski definition) is 3. The Hall–Kier alpha value is -1.68. The Morgan fingerprint density at radius 1 is 1.00 bits per heavy atom. The van der Waals surface area contributed by atoms with Gasteiger partial charge in [-0.3, -0.25) is 0 Å². The first-order valence-electron chi connectivity index (χ1n) is 5.01. The minimum atomic E-state index is 0.716. The molecule has 0 aliphatic carbocycles. The van der Waals surface area contributed by atoms with E-state index in [0.717, 1.165) is 26.7 Å². The molecule has 1 aromatic heterocycles. The Kier molecular flexibility index (Phi) is 2.52. The van der Waals surface area contributed by atoms with Gasteiger partial charge in [-0.2, -0.15) is 0 Å². The van der Waals surface area contributed by atoms with Gasteiger partial charge in [0.15, 0.2) is 0 Å². The van der Waals surface area contributed by atoms with Crippen LogP contribution in [0, 0.1) is 13.8 Å². The van der Waals surface area contributed by atoms with E-state index in [-0.39, 0.29) is 0 Å². The van der Waals surface area contributed by atoms with Crippen LogP contribution in [0.3, 0.4) is 0 Å². The molecule has 6 N–H and O–H groups in total. The third-order valence-corrected chi connectivity index (χ3v) is 4.06. The summed E-state index contributed by atoms with van der Waals surface area (Å²) in [6.07, 6.45) is 0. The standard InChI is InChI=1S/C12H15N3S/c1-6-7(2)12(15)16-11(6)9-5-8(13)3-4-10(9)14/h3-5H,13-15H2,1-2H3. The maximum atomic E-state index is 5.96. The number of benzene rings is 1. The van der Waals surface area contributed by atoms with Crippen LogP contribution in [0.15, 0.2) is 18.2 Å². The van der Waals surface area contributed by atoms with E-state index in [4.69, 9.17) is 17.2 Å². The summed E-state index contributed by atoms with van der Waals surface area (Å²) in [4.78, 5) is 1.11. The quantitative estimate of drug-likeness (QED) is 0.663. The highest BCUT2D eigenvalue weighted by Gasteiger charge is 2.13. The molecule has 1 aromatic carbocycles. The largest absolute Gasteiger partial charge is 0.399 e. The van der Waals surface area contributed by atoms with E-state index in [1.54, 1.807) is 17.4 Å². The normalized spacial score (nSPS) is 10.6. The van der Waals surface area contributed by atoms with E-state index in [2.05, 4.69) is 6.92 Å². The smallest absolute Gasteiger partial charge is 0.0895 e. The van der Waals surface area contributed by atoms with Crippen molar-refractivity contribution in [3.63, 3.8) is 0 Å². The van der Waals surface area contributed by atoms with Gasteiger partial charge < -0.3 is 17.2 Å². The van der Waals surface area contributed by atoms with Gasteiger partial charge >= 0.3 is 0 Å². The lowest BCUT2D eigenvalue weighted by molar-refractivity contribution is 1.40. The predicted octanol–water partition coefficient (Wildman–Crippen LogP) is 2.78. The van der Waals surface area contributed by atoms with Gasteiger partial charge in [-0.05, 0) is 43.2 Å². The highest BCUT2D eigenvalue weighted by molar-refractivity contribution is 7.19. The van der Waals surface area contributed by atoms with Crippen molar-refractivity contribution in [3.8, 4) is 10.4 Å². The highest BCUT2D eigenvalue weighted by atomic mass is 32.1. The Morgan fingerprint density at radius 3 is 2.25 bits per heavy atom. The van der Waals surface area contributed by atoms with E-state index < -0.39 is 0 Å². The number of anilines is 3. The fraction of sp³-hybridized carbons (Fsp3) is 0.167. The molecule has 16 heavy (non-hydrogen) atoms. The van der Waals surface area contributed by atoms with Crippen molar-refractivity contribution in [2.24, 2.45) is 0 Å². The Labute approximate surface area is 98.9 Å². The predicted molar refractivity (Wildman–Crippen MR) is 72.5 cm³/mol. The van der Waals surface area contributed by atoms with Crippen LogP contribution in [-0.4, -0.2) is 0 Å². The molecule has 0 aliphatic heterocycles. The van der Waals surface area contributed by atoms with Crippen LogP contribution in [-0.2, 0) is 0 Å². The fourth-order valence-electron chi connectivity index (χ4n) is 1.65. The second-order valence-corrected chi connectivity index (χ2v) is 4.94. The number of nitrogens with two attached hydrogens (primary N) is 3. The lowest BCUT2D eigenvalue weighted by Gasteiger charge is -2.06. The van der Waals surface area contributed by atoms with E-state index >= 15 is 0 Å². The molecule has 0 unspecified atom stereocenters. The van der Waals surface area contributed by atoms with Gasteiger partial charge in [0.1, 0.15) is 0 Å². The molecule has 0 saturated carbocycles. The summed E-state index contributed by atoms with van der Waals surface area (Å²) in [5.74, 6) is 0. The van der Waals surface area contributed by atoms with E-state index in [0.29, 0.717) is 5.69 Å². The number of hydrogen-bond acceptors (Lipinski definition) is 4. The fourth-order valence-corrected chi connectivity index (χ4v) is 2.76. The first-order chi connectivity index (χ1) is 7.50. The molecule has 2 rings (SSSR count). The molecule has 84 valence electrons. The Morgan fingerprint density at radius 2 is 1.69 bits per heavy atom. The zero-order valence-corrected chi connectivity index (χ0v) is 10.2. The monoisotopic (exact) mass is 233 g/mol. The van der Waals surface area contributed by atoms with Crippen LogP contribution in [0.1, 0.15) is 11.1 Å². The summed E-state index contributed by atoms with van der Waals surface area (Å²) in [6, 6.07) is 5.53. The van der Waals surface area contributed by atoms with Gasteiger partial charge in [-0.25, -0.2) is 0 Å². The second kappa shape index (κ2) is 3.72. The maximum absolute atomic E-state index is 5.96. The van der Waals surface area contributed by atoms with Crippen LogP contribution >= 0.6 is 11.3 Å². The highest BCUT2D eigenvalue weighted by Crippen LogP contribution is 2.40. The summed E-state index contributed by atoms with van der Waals surface area (Å²) >= 11 is 1.56. The maximum Gasteiger partial charge on any atom is 0.0895 e. The molecular formula is C12H15N3S. The molecule has 0 saturated heterocycles. The molecule has 0 fully saturated rings. The second-order valence-electron chi connectivity index (χ2n) is 3.89. The van der Waals surface area contributed by atoms with Gasteiger partial charge in [-0.15, -0.1) is 11.3 Å². The van der Waals surface area contributed by atoms with Crippen molar-refractivity contribution in [3.05, 3.63) is 29.3 Å². The molecule has 1 heterocycles. The SMILES string of the molecule is Cc1c(N)sc(-c2cc(N)ccc2N)c1C. The van der Waals surface area contributed by atoms with Gasteiger partial charge in [0.25, 0.3) is 0 Å². The molecular weight excluding hydrogens is 218 g/mol. The van der Waals surface area contributed by atoms with Crippen LogP contribution in [0.2, 0.25) is 0 Å². The lowest BCUT2D eigenvalue weighted by atomic mass is 10.1. The van der Waals surface area contributed by atoms with Crippen LogP contribution in [0.5, 0.6) is 0 Å². The molecule has 0 aliphatic rings. The van der Waals surface area contributed by atoms with Crippen molar-refractivity contribution >= 4 is 27.7 Å². The molecule has 0 bridgehead atoms. The molecule has 0 spiro atoms. The lowest BCUT2D eigenvalue weighted by Crippen LogP contribution is -1.92. The van der Waals surface area contributed by atoms with Crippen molar-refractivity contribution in [1.29, 1.82) is 0 Å². The molecule has 0 radical (unpaired) electrons. The first kappa shape index (κ1) is 10.8. The molecule has 3 nitrogen and oxygen atoms in total. The van der Waals surface area contributed by atoms with Crippen LogP contribution < -0.4 is 17.2 Å². The van der Waals surface area contributed by atoms with E-state index in [9.17, 15) is 0 Å². The van der Waals surface area contributed by atoms with Gasteiger partial charge in [0.2, 0.25) is 0 Å². The summed E-state index contributed by atoms with van der Waals surface area (Å²) in [7, 11) is 0. The topological polar surface area (TPSA) is 78.1 Å². The third-order valence-electron chi connectivity index (χ3n) is 2.81. The van der Waals surface area contributed by atoms with Crippen molar-refractivity contribution in [2.45, 2.75) is 13.8 Å². The van der Waals surface area contributed by atoms with Crippen molar-refractivity contribution in [2.75, 3.05) is 17.2 Å². The van der Waals surface area contributed by atoms with Crippen LogP contribution in [0.4, 0.5) is 16.4 Å². The summed E-state index contributed by atoms with van der Waals surface area (Å²) in [5.41, 5.74) is 22.4.